The predicted octanol–water partition coefficient (Wildman–Crippen LogP) is 4.70. The molecule has 0 saturated carbocycles. The summed E-state index contributed by atoms with van der Waals surface area (Å²) in [5.74, 6) is 0.482. The zero-order valence-electron chi connectivity index (χ0n) is 19.4. The molecule has 4 aromatic rings. The number of amides is 1. The van der Waals surface area contributed by atoms with Crippen LogP contribution < -0.4 is 10.2 Å². The van der Waals surface area contributed by atoms with Gasteiger partial charge in [0.05, 0.1) is 10.6 Å². The Morgan fingerprint density at radius 2 is 1.79 bits per heavy atom. The fraction of sp³-hybridized carbons (Fsp3) is 0.269. The Morgan fingerprint density at radius 1 is 1.00 bits per heavy atom. The Morgan fingerprint density at radius 3 is 2.47 bits per heavy atom. The van der Waals surface area contributed by atoms with Crippen molar-refractivity contribution < 1.29 is 4.79 Å². The Labute approximate surface area is 203 Å². The molecule has 1 saturated heterocycles. The average Bonchev–Trinajstić information content (AvgIpc) is 3.56. The minimum atomic E-state index is -0.320. The van der Waals surface area contributed by atoms with Crippen LogP contribution in [0.4, 0.5) is 11.4 Å². The molecule has 1 aliphatic rings. The van der Waals surface area contributed by atoms with Gasteiger partial charge in [0.1, 0.15) is 0 Å². The van der Waals surface area contributed by atoms with Crippen molar-refractivity contribution in [3.63, 3.8) is 0 Å². The summed E-state index contributed by atoms with van der Waals surface area (Å²) in [4.78, 5) is 23.5. The molecule has 2 aromatic carbocycles. The van der Waals surface area contributed by atoms with Crippen LogP contribution in [0.5, 0.6) is 0 Å². The second-order valence-corrected chi connectivity index (χ2v) is 9.31. The highest BCUT2D eigenvalue weighted by molar-refractivity contribution is 7.13. The fourth-order valence-electron chi connectivity index (χ4n) is 4.21. The van der Waals surface area contributed by atoms with Gasteiger partial charge in [0.25, 0.3) is 5.91 Å². The number of aromatic nitrogens is 3. The molecule has 8 heteroatoms. The molecule has 7 nitrogen and oxygen atoms in total. The molecular weight excluding hydrogens is 444 g/mol. The van der Waals surface area contributed by atoms with E-state index in [1.165, 1.54) is 5.69 Å². The third-order valence-corrected chi connectivity index (χ3v) is 7.06. The largest absolute Gasteiger partial charge is 0.369 e. The smallest absolute Gasteiger partial charge is 0.295 e. The Hall–Kier alpha value is -3.49. The number of nitrogens with one attached hydrogen (secondary N) is 1. The summed E-state index contributed by atoms with van der Waals surface area (Å²) in [6.07, 6.45) is 0. The lowest BCUT2D eigenvalue weighted by Gasteiger charge is -2.35. The minimum Gasteiger partial charge on any atom is -0.369 e. The Kier molecular flexibility index (Phi) is 6.42. The SMILES string of the molecule is CCN1CCN(c2ccc(NC(=O)c3nc(-c4cccs4)n(-c4ccccc4)n3)c(C)c2)CC1. The van der Waals surface area contributed by atoms with Gasteiger partial charge in [-0.2, -0.15) is 0 Å². The van der Waals surface area contributed by atoms with E-state index < -0.39 is 0 Å². The summed E-state index contributed by atoms with van der Waals surface area (Å²) in [7, 11) is 0. The van der Waals surface area contributed by atoms with E-state index >= 15 is 0 Å². The van der Waals surface area contributed by atoms with Crippen molar-refractivity contribution in [1.82, 2.24) is 19.7 Å². The zero-order valence-corrected chi connectivity index (χ0v) is 20.3. The van der Waals surface area contributed by atoms with Crippen LogP contribution in [0, 0.1) is 6.92 Å². The van der Waals surface area contributed by atoms with Gasteiger partial charge in [-0.25, -0.2) is 9.67 Å². The van der Waals surface area contributed by atoms with E-state index in [-0.39, 0.29) is 11.7 Å². The van der Waals surface area contributed by atoms with Gasteiger partial charge >= 0.3 is 0 Å². The number of piperazine rings is 1. The summed E-state index contributed by atoms with van der Waals surface area (Å²) < 4.78 is 1.73. The van der Waals surface area contributed by atoms with Gasteiger partial charge in [-0.1, -0.05) is 31.2 Å². The van der Waals surface area contributed by atoms with E-state index in [2.05, 4.69) is 44.3 Å². The summed E-state index contributed by atoms with van der Waals surface area (Å²) >= 11 is 1.57. The summed E-state index contributed by atoms with van der Waals surface area (Å²) in [5.41, 5.74) is 3.85. The van der Waals surface area contributed by atoms with E-state index in [4.69, 9.17) is 0 Å². The van der Waals surface area contributed by atoms with Crippen molar-refractivity contribution in [2.75, 3.05) is 42.9 Å². The molecule has 0 spiro atoms. The van der Waals surface area contributed by atoms with Gasteiger partial charge in [-0.3, -0.25) is 4.79 Å². The van der Waals surface area contributed by atoms with Crippen LogP contribution >= 0.6 is 11.3 Å². The first-order valence-electron chi connectivity index (χ1n) is 11.6. The van der Waals surface area contributed by atoms with Crippen molar-refractivity contribution in [2.24, 2.45) is 0 Å². The molecule has 1 amide bonds. The van der Waals surface area contributed by atoms with Gasteiger partial charge in [-0.05, 0) is 60.8 Å². The number of hydrogen-bond donors (Lipinski definition) is 1. The van der Waals surface area contributed by atoms with Gasteiger partial charge in [0, 0.05) is 37.6 Å². The van der Waals surface area contributed by atoms with E-state index in [0.29, 0.717) is 5.82 Å². The van der Waals surface area contributed by atoms with E-state index in [0.717, 1.165) is 54.5 Å². The van der Waals surface area contributed by atoms with E-state index in [1.807, 2.05) is 60.8 Å². The van der Waals surface area contributed by atoms with E-state index in [1.54, 1.807) is 16.0 Å². The fourth-order valence-corrected chi connectivity index (χ4v) is 4.91. The van der Waals surface area contributed by atoms with Crippen LogP contribution in [0.15, 0.2) is 66.0 Å². The van der Waals surface area contributed by atoms with E-state index in [9.17, 15) is 4.79 Å². The molecule has 0 aliphatic carbocycles. The molecular formula is C26H28N6OS. The number of hydrogen-bond acceptors (Lipinski definition) is 6. The molecule has 0 radical (unpaired) electrons. The molecule has 0 bridgehead atoms. The van der Waals surface area contributed by atoms with Gasteiger partial charge < -0.3 is 15.1 Å². The van der Waals surface area contributed by atoms with Crippen LogP contribution in [0.3, 0.4) is 0 Å². The number of carbonyl (C=O) groups is 1. The highest BCUT2D eigenvalue weighted by Gasteiger charge is 2.21. The Bertz CT molecular complexity index is 1260. The van der Waals surface area contributed by atoms with Crippen LogP contribution in [0.25, 0.3) is 16.4 Å². The van der Waals surface area contributed by atoms with Crippen molar-refractivity contribution in [3.05, 3.63) is 77.4 Å². The predicted molar refractivity (Wildman–Crippen MR) is 138 cm³/mol. The molecule has 0 unspecified atom stereocenters. The highest BCUT2D eigenvalue weighted by atomic mass is 32.1. The third kappa shape index (κ3) is 4.60. The first-order valence-corrected chi connectivity index (χ1v) is 12.5. The zero-order chi connectivity index (χ0) is 23.5. The summed E-state index contributed by atoms with van der Waals surface area (Å²) in [6.45, 7) is 9.52. The molecule has 2 aromatic heterocycles. The van der Waals surface area contributed by atoms with Crippen molar-refractivity contribution in [1.29, 1.82) is 0 Å². The molecule has 0 atom stereocenters. The maximum atomic E-state index is 13.1. The molecule has 5 rings (SSSR count). The van der Waals surface area contributed by atoms with Crippen molar-refractivity contribution in [2.45, 2.75) is 13.8 Å². The van der Waals surface area contributed by atoms with Crippen LogP contribution in [0.1, 0.15) is 23.1 Å². The lowest BCUT2D eigenvalue weighted by atomic mass is 10.1. The molecule has 1 aliphatic heterocycles. The molecule has 34 heavy (non-hydrogen) atoms. The molecule has 174 valence electrons. The standard InChI is InChI=1S/C26H28N6OS/c1-3-30-13-15-31(16-14-30)21-11-12-22(19(2)18-21)27-26(33)24-28-25(23-10-7-17-34-23)32(29-24)20-8-5-4-6-9-20/h4-12,17-18H,3,13-16H2,1-2H3,(H,27,33). The quantitative estimate of drug-likeness (QED) is 0.441. The lowest BCUT2D eigenvalue weighted by molar-refractivity contribution is 0.101. The Balaban J connectivity index is 1.36. The normalized spacial score (nSPS) is 14.4. The monoisotopic (exact) mass is 472 g/mol. The minimum absolute atomic E-state index is 0.145. The van der Waals surface area contributed by atoms with Gasteiger partial charge in [-0.15, -0.1) is 16.4 Å². The topological polar surface area (TPSA) is 66.3 Å². The average molecular weight is 473 g/mol. The first kappa shape index (κ1) is 22.3. The molecule has 1 fully saturated rings. The lowest BCUT2D eigenvalue weighted by Crippen LogP contribution is -2.46. The number of rotatable bonds is 6. The second kappa shape index (κ2) is 9.79. The number of carbonyl (C=O) groups excluding carboxylic acids is 1. The van der Waals surface area contributed by atoms with Crippen LogP contribution in [-0.2, 0) is 0 Å². The van der Waals surface area contributed by atoms with Crippen molar-refractivity contribution in [3.8, 4) is 16.4 Å². The molecule has 1 N–H and O–H groups in total. The maximum Gasteiger partial charge on any atom is 0.295 e. The van der Waals surface area contributed by atoms with Crippen molar-refractivity contribution >= 4 is 28.6 Å². The number of anilines is 2. The number of para-hydroxylation sites is 1. The maximum absolute atomic E-state index is 13.1. The van der Waals surface area contributed by atoms with Gasteiger partial charge in [0.15, 0.2) is 5.82 Å². The highest BCUT2D eigenvalue weighted by Crippen LogP contribution is 2.27. The number of thiophene rings is 1. The number of likely N-dealkylation sites (N-methyl/N-ethyl adjacent to an activating group) is 1. The van der Waals surface area contributed by atoms with Crippen LogP contribution in [-0.4, -0.2) is 58.3 Å². The first-order chi connectivity index (χ1) is 16.6. The summed E-state index contributed by atoms with van der Waals surface area (Å²) in [6, 6.07) is 19.9. The number of nitrogens with zero attached hydrogens (tertiary/aromatic N) is 5. The van der Waals surface area contributed by atoms with Crippen LogP contribution in [0.2, 0.25) is 0 Å². The molecule has 3 heterocycles. The van der Waals surface area contributed by atoms with Gasteiger partial charge in [0.2, 0.25) is 5.82 Å². The number of aryl methyl sites for hydroxylation is 1. The second-order valence-electron chi connectivity index (χ2n) is 8.36. The third-order valence-electron chi connectivity index (χ3n) is 6.20. The summed E-state index contributed by atoms with van der Waals surface area (Å²) in [5, 5.41) is 9.56. The number of benzene rings is 2.